The van der Waals surface area contributed by atoms with Gasteiger partial charge in [0.2, 0.25) is 0 Å². The molecule has 0 atom stereocenters. The normalized spacial score (nSPS) is 10.1. The molecule has 0 saturated carbocycles. The summed E-state index contributed by atoms with van der Waals surface area (Å²) in [5.74, 6) is -0.0627. The van der Waals surface area contributed by atoms with E-state index in [9.17, 15) is 9.59 Å². The van der Waals surface area contributed by atoms with E-state index in [1.165, 1.54) is 0 Å². The topological polar surface area (TPSA) is 67.4 Å². The summed E-state index contributed by atoms with van der Waals surface area (Å²) in [5.41, 5.74) is 1.48. The molecule has 0 aliphatic carbocycles. The summed E-state index contributed by atoms with van der Waals surface area (Å²) in [6.07, 6.45) is 0. The number of hydrogen-bond acceptors (Lipinski definition) is 3. The number of carbonyl (C=O) groups excluding carboxylic acids is 2. The van der Waals surface area contributed by atoms with Crippen LogP contribution in [0.4, 0.5) is 11.4 Å². The summed E-state index contributed by atoms with van der Waals surface area (Å²) in [5, 5.41) is 5.53. The molecule has 0 fully saturated rings. The number of benzene rings is 3. The Morgan fingerprint density at radius 1 is 0.815 bits per heavy atom. The van der Waals surface area contributed by atoms with Crippen molar-refractivity contribution in [1.29, 1.82) is 0 Å². The standard InChI is InChI=1S/C21H17BrN2O3/c22-15-10-12-17(13-11-15)27-14-20(25)24-19-9-5-4-8-18(19)21(26)23-16-6-2-1-3-7-16/h1-13H,14H2,(H,23,26)(H,24,25). The first-order valence-electron chi connectivity index (χ1n) is 8.25. The van der Waals surface area contributed by atoms with Crippen molar-refractivity contribution in [2.75, 3.05) is 17.2 Å². The third kappa shape index (κ3) is 5.43. The summed E-state index contributed by atoms with van der Waals surface area (Å²) in [7, 11) is 0. The number of amides is 2. The van der Waals surface area contributed by atoms with Crippen LogP contribution in [0.25, 0.3) is 0 Å². The van der Waals surface area contributed by atoms with Gasteiger partial charge in [0.25, 0.3) is 11.8 Å². The lowest BCUT2D eigenvalue weighted by atomic mass is 10.1. The van der Waals surface area contributed by atoms with Gasteiger partial charge in [-0.05, 0) is 48.5 Å². The van der Waals surface area contributed by atoms with Crippen molar-refractivity contribution in [3.8, 4) is 5.75 Å². The van der Waals surface area contributed by atoms with Gasteiger partial charge in [-0.25, -0.2) is 0 Å². The predicted octanol–water partition coefficient (Wildman–Crippen LogP) is 4.72. The van der Waals surface area contributed by atoms with Gasteiger partial charge in [0.1, 0.15) is 5.75 Å². The summed E-state index contributed by atoms with van der Waals surface area (Å²) in [6, 6.07) is 23.2. The molecule has 0 unspecified atom stereocenters. The van der Waals surface area contributed by atoms with Gasteiger partial charge in [0.05, 0.1) is 11.3 Å². The average Bonchev–Trinajstić information content (AvgIpc) is 2.69. The summed E-state index contributed by atoms with van der Waals surface area (Å²) < 4.78 is 6.39. The molecule has 5 nitrogen and oxygen atoms in total. The van der Waals surface area contributed by atoms with E-state index in [-0.39, 0.29) is 18.4 Å². The van der Waals surface area contributed by atoms with Crippen molar-refractivity contribution in [2.24, 2.45) is 0 Å². The molecule has 0 heterocycles. The Labute approximate surface area is 165 Å². The van der Waals surface area contributed by atoms with Gasteiger partial charge in [-0.15, -0.1) is 0 Å². The van der Waals surface area contributed by atoms with E-state index < -0.39 is 0 Å². The highest BCUT2D eigenvalue weighted by atomic mass is 79.9. The SMILES string of the molecule is O=C(COc1ccc(Br)cc1)Nc1ccccc1C(=O)Nc1ccccc1. The zero-order valence-corrected chi connectivity index (χ0v) is 15.9. The van der Waals surface area contributed by atoms with Gasteiger partial charge in [-0.1, -0.05) is 46.3 Å². The Morgan fingerprint density at radius 2 is 1.48 bits per heavy atom. The molecule has 3 rings (SSSR count). The van der Waals surface area contributed by atoms with Gasteiger partial charge >= 0.3 is 0 Å². The molecule has 0 aromatic heterocycles. The molecule has 0 bridgehead atoms. The fraction of sp³-hybridized carbons (Fsp3) is 0.0476. The summed E-state index contributed by atoms with van der Waals surface area (Å²) in [4.78, 5) is 24.7. The van der Waals surface area contributed by atoms with Crippen molar-refractivity contribution in [3.05, 3.63) is 88.9 Å². The average molecular weight is 425 g/mol. The number of para-hydroxylation sites is 2. The van der Waals surface area contributed by atoms with Gasteiger partial charge in [0.15, 0.2) is 6.61 Å². The Balaban J connectivity index is 1.63. The fourth-order valence-electron chi connectivity index (χ4n) is 2.38. The lowest BCUT2D eigenvalue weighted by molar-refractivity contribution is -0.118. The minimum absolute atomic E-state index is 0.156. The van der Waals surface area contributed by atoms with Crippen LogP contribution in [0.5, 0.6) is 5.75 Å². The molecule has 2 amide bonds. The van der Waals surface area contributed by atoms with Crippen molar-refractivity contribution >= 4 is 39.1 Å². The third-order valence-corrected chi connectivity index (χ3v) is 4.19. The molecular weight excluding hydrogens is 408 g/mol. The minimum Gasteiger partial charge on any atom is -0.484 e. The molecule has 2 N–H and O–H groups in total. The van der Waals surface area contributed by atoms with Gasteiger partial charge in [-0.3, -0.25) is 9.59 Å². The molecule has 0 aliphatic rings. The maximum Gasteiger partial charge on any atom is 0.262 e. The van der Waals surface area contributed by atoms with Crippen LogP contribution in [-0.2, 0) is 4.79 Å². The number of carbonyl (C=O) groups is 2. The Kier molecular flexibility index (Phi) is 6.22. The molecule has 0 saturated heterocycles. The van der Waals surface area contributed by atoms with E-state index in [1.54, 1.807) is 48.5 Å². The number of hydrogen-bond donors (Lipinski definition) is 2. The van der Waals surface area contributed by atoms with Crippen LogP contribution >= 0.6 is 15.9 Å². The van der Waals surface area contributed by atoms with Crippen LogP contribution in [-0.4, -0.2) is 18.4 Å². The summed E-state index contributed by atoms with van der Waals surface area (Å²) in [6.45, 7) is -0.156. The quantitative estimate of drug-likeness (QED) is 0.601. The molecule has 3 aromatic carbocycles. The van der Waals surface area contributed by atoms with Crippen LogP contribution in [0.3, 0.4) is 0 Å². The number of nitrogens with one attached hydrogen (secondary N) is 2. The number of halogens is 1. The van der Waals surface area contributed by atoms with Crippen molar-refractivity contribution in [3.63, 3.8) is 0 Å². The van der Waals surface area contributed by atoms with Gasteiger partial charge < -0.3 is 15.4 Å². The smallest absolute Gasteiger partial charge is 0.262 e. The van der Waals surface area contributed by atoms with Crippen LogP contribution in [0.15, 0.2) is 83.3 Å². The second-order valence-corrected chi connectivity index (χ2v) is 6.57. The highest BCUT2D eigenvalue weighted by molar-refractivity contribution is 9.10. The second kappa shape index (κ2) is 9.00. The van der Waals surface area contributed by atoms with E-state index in [1.807, 2.05) is 30.3 Å². The maximum atomic E-state index is 12.5. The van der Waals surface area contributed by atoms with Crippen molar-refractivity contribution in [2.45, 2.75) is 0 Å². The highest BCUT2D eigenvalue weighted by Crippen LogP contribution is 2.18. The zero-order chi connectivity index (χ0) is 19.1. The lowest BCUT2D eigenvalue weighted by Crippen LogP contribution is -2.22. The lowest BCUT2D eigenvalue weighted by Gasteiger charge is -2.12. The zero-order valence-electron chi connectivity index (χ0n) is 14.3. The van der Waals surface area contributed by atoms with Gasteiger partial charge in [0, 0.05) is 10.2 Å². The third-order valence-electron chi connectivity index (χ3n) is 3.66. The second-order valence-electron chi connectivity index (χ2n) is 5.66. The Bertz CT molecular complexity index is 928. The van der Waals surface area contributed by atoms with E-state index in [4.69, 9.17) is 4.74 Å². The molecule has 0 radical (unpaired) electrons. The van der Waals surface area contributed by atoms with E-state index in [0.29, 0.717) is 22.7 Å². The number of ether oxygens (including phenoxy) is 1. The number of anilines is 2. The first-order chi connectivity index (χ1) is 13.1. The summed E-state index contributed by atoms with van der Waals surface area (Å²) >= 11 is 3.34. The van der Waals surface area contributed by atoms with Crippen LogP contribution in [0.2, 0.25) is 0 Å². The molecule has 0 spiro atoms. The Hall–Kier alpha value is -3.12. The molecule has 0 aliphatic heterocycles. The first-order valence-corrected chi connectivity index (χ1v) is 9.05. The largest absolute Gasteiger partial charge is 0.484 e. The minimum atomic E-state index is -0.349. The van der Waals surface area contributed by atoms with E-state index in [2.05, 4.69) is 26.6 Å². The maximum absolute atomic E-state index is 12.5. The predicted molar refractivity (Wildman–Crippen MR) is 109 cm³/mol. The van der Waals surface area contributed by atoms with Crippen LogP contribution in [0, 0.1) is 0 Å². The van der Waals surface area contributed by atoms with Crippen LogP contribution in [0.1, 0.15) is 10.4 Å². The number of rotatable bonds is 6. The van der Waals surface area contributed by atoms with Crippen molar-refractivity contribution < 1.29 is 14.3 Å². The molecule has 6 heteroatoms. The fourth-order valence-corrected chi connectivity index (χ4v) is 2.64. The molecule has 27 heavy (non-hydrogen) atoms. The Morgan fingerprint density at radius 3 is 2.22 bits per heavy atom. The van der Waals surface area contributed by atoms with Crippen LogP contribution < -0.4 is 15.4 Å². The van der Waals surface area contributed by atoms with E-state index >= 15 is 0 Å². The monoisotopic (exact) mass is 424 g/mol. The van der Waals surface area contributed by atoms with Gasteiger partial charge in [-0.2, -0.15) is 0 Å². The highest BCUT2D eigenvalue weighted by Gasteiger charge is 2.13. The van der Waals surface area contributed by atoms with E-state index in [0.717, 1.165) is 4.47 Å². The molecule has 3 aromatic rings. The molecular formula is C21H17BrN2O3. The van der Waals surface area contributed by atoms with Crippen molar-refractivity contribution in [1.82, 2.24) is 0 Å². The first kappa shape index (κ1) is 18.7. The molecule has 136 valence electrons.